The van der Waals surface area contributed by atoms with E-state index < -0.39 is 5.54 Å². The van der Waals surface area contributed by atoms with E-state index in [-0.39, 0.29) is 42.4 Å². The lowest BCUT2D eigenvalue weighted by molar-refractivity contribution is -0.136. The highest BCUT2D eigenvalue weighted by Crippen LogP contribution is 2.39. The number of nitrogens with one attached hydrogen (secondary N) is 1. The second kappa shape index (κ2) is 12.0. The fraction of sp³-hybridized carbons (Fsp3) is 0.500. The lowest BCUT2D eigenvalue weighted by Crippen LogP contribution is -2.58. The first-order chi connectivity index (χ1) is 18.1. The van der Waals surface area contributed by atoms with Crippen molar-refractivity contribution < 1.29 is 14.4 Å². The number of imide groups is 1. The molecular weight excluding hydrogens is 544 g/mol. The van der Waals surface area contributed by atoms with Crippen LogP contribution in [0.25, 0.3) is 0 Å². The second-order valence-corrected chi connectivity index (χ2v) is 12.0. The molecule has 0 aromatic heterocycles. The summed E-state index contributed by atoms with van der Waals surface area (Å²) in [7, 11) is 0. The molecule has 2 fully saturated rings. The molecule has 0 aliphatic carbocycles. The van der Waals surface area contributed by atoms with Gasteiger partial charge in [-0.25, -0.2) is 4.79 Å². The zero-order valence-electron chi connectivity index (χ0n) is 22.8. The van der Waals surface area contributed by atoms with E-state index in [1.165, 1.54) is 4.90 Å². The van der Waals surface area contributed by atoms with E-state index in [0.29, 0.717) is 12.8 Å². The Bertz CT molecular complexity index is 1130. The van der Waals surface area contributed by atoms with Crippen LogP contribution in [-0.4, -0.2) is 63.8 Å². The molecule has 1 N–H and O–H groups in total. The molecule has 2 saturated heterocycles. The number of urea groups is 1. The van der Waals surface area contributed by atoms with Crippen LogP contribution in [0.15, 0.2) is 59.1 Å². The summed E-state index contributed by atoms with van der Waals surface area (Å²) >= 11 is 3.45. The third kappa shape index (κ3) is 5.96. The van der Waals surface area contributed by atoms with Crippen LogP contribution in [0, 0.1) is 5.92 Å². The van der Waals surface area contributed by atoms with Gasteiger partial charge in [-0.3, -0.25) is 14.5 Å². The van der Waals surface area contributed by atoms with E-state index in [0.717, 1.165) is 41.7 Å². The number of hydrogen-bond acceptors (Lipinski definition) is 4. The Balaban J connectivity index is 1.43. The van der Waals surface area contributed by atoms with E-state index in [4.69, 9.17) is 0 Å². The number of rotatable bonds is 9. The van der Waals surface area contributed by atoms with Crippen LogP contribution < -0.4 is 5.32 Å². The highest BCUT2D eigenvalue weighted by atomic mass is 79.9. The minimum Gasteiger partial charge on any atom is -0.349 e. The molecule has 204 valence electrons. The Morgan fingerprint density at radius 3 is 2.18 bits per heavy atom. The normalized spacial score (nSPS) is 18.6. The first-order valence-corrected chi connectivity index (χ1v) is 14.4. The number of nitrogens with zero attached hydrogens (tertiary/aromatic N) is 3. The zero-order chi connectivity index (χ0) is 27.4. The average Bonchev–Trinajstić information content (AvgIpc) is 3.10. The average molecular weight is 584 g/mol. The van der Waals surface area contributed by atoms with Gasteiger partial charge in [0.15, 0.2) is 0 Å². The van der Waals surface area contributed by atoms with Gasteiger partial charge in [0, 0.05) is 36.1 Å². The molecule has 8 heteroatoms. The van der Waals surface area contributed by atoms with Gasteiger partial charge in [0.1, 0.15) is 5.54 Å². The molecule has 2 aromatic carbocycles. The van der Waals surface area contributed by atoms with Crippen LogP contribution in [0.4, 0.5) is 4.79 Å². The maximum atomic E-state index is 13.8. The van der Waals surface area contributed by atoms with Crippen LogP contribution >= 0.6 is 15.9 Å². The predicted octanol–water partition coefficient (Wildman–Crippen LogP) is 5.36. The fourth-order valence-corrected chi connectivity index (χ4v) is 5.90. The number of carbonyl (C=O) groups is 3. The molecule has 0 radical (unpaired) electrons. The van der Waals surface area contributed by atoms with Crippen LogP contribution in [0.3, 0.4) is 0 Å². The largest absolute Gasteiger partial charge is 0.349 e. The lowest BCUT2D eigenvalue weighted by Gasteiger charge is -2.44. The summed E-state index contributed by atoms with van der Waals surface area (Å²) in [5.74, 6) is -0.112. The second-order valence-electron chi connectivity index (χ2n) is 11.1. The van der Waals surface area contributed by atoms with Crippen molar-refractivity contribution in [2.24, 2.45) is 5.92 Å². The molecule has 1 spiro atoms. The van der Waals surface area contributed by atoms with Gasteiger partial charge in [-0.1, -0.05) is 72.2 Å². The number of hydrogen-bond donors (Lipinski definition) is 1. The molecular formula is C30H39BrN4O3. The van der Waals surface area contributed by atoms with Crippen molar-refractivity contribution in [1.82, 2.24) is 20.0 Å². The summed E-state index contributed by atoms with van der Waals surface area (Å²) in [6.45, 7) is 10.3. The van der Waals surface area contributed by atoms with Gasteiger partial charge in [0.2, 0.25) is 5.91 Å². The topological polar surface area (TPSA) is 73.0 Å². The number of halogens is 1. The van der Waals surface area contributed by atoms with Crippen molar-refractivity contribution in [2.75, 3.05) is 19.6 Å². The molecule has 7 nitrogen and oxygen atoms in total. The standard InChI is InChI=1S/C30H39BrN4O3/c1-21(2)27(36)32-26(24-8-6-5-7-9-24)14-17-33-18-15-30(16-19-33)28(37)34(29(38)35(30)22(3)4)20-23-10-12-25(31)13-11-23/h5-13,21-22,26H,14-20H2,1-4H3,(H,32,36)/t26-/m0/s1. The van der Waals surface area contributed by atoms with Crippen molar-refractivity contribution in [2.45, 2.75) is 71.1 Å². The molecule has 4 rings (SSSR count). The monoisotopic (exact) mass is 582 g/mol. The van der Waals surface area contributed by atoms with Gasteiger partial charge in [-0.2, -0.15) is 0 Å². The van der Waals surface area contributed by atoms with Crippen molar-refractivity contribution in [3.8, 4) is 0 Å². The van der Waals surface area contributed by atoms with Crippen LogP contribution in [0.2, 0.25) is 0 Å². The van der Waals surface area contributed by atoms with Crippen molar-refractivity contribution in [3.05, 3.63) is 70.2 Å². The predicted molar refractivity (Wildman–Crippen MR) is 152 cm³/mol. The van der Waals surface area contributed by atoms with E-state index in [2.05, 4.69) is 38.3 Å². The first-order valence-electron chi connectivity index (χ1n) is 13.6. The number of likely N-dealkylation sites (tertiary alicyclic amines) is 1. The van der Waals surface area contributed by atoms with E-state index in [1.54, 1.807) is 0 Å². The third-order valence-electron chi connectivity index (χ3n) is 7.77. The molecule has 38 heavy (non-hydrogen) atoms. The summed E-state index contributed by atoms with van der Waals surface area (Å²) in [6.07, 6.45) is 2.01. The SMILES string of the molecule is CC(C)C(=O)N[C@@H](CCN1CCC2(CC1)C(=O)N(Cc1ccc(Br)cc1)C(=O)N2C(C)C)c1ccccc1. The Labute approximate surface area is 234 Å². The number of piperidine rings is 1. The maximum Gasteiger partial charge on any atom is 0.328 e. The van der Waals surface area contributed by atoms with Crippen LogP contribution in [0.1, 0.15) is 64.1 Å². The smallest absolute Gasteiger partial charge is 0.328 e. The van der Waals surface area contributed by atoms with E-state index in [9.17, 15) is 14.4 Å². The molecule has 2 aliphatic rings. The summed E-state index contributed by atoms with van der Waals surface area (Å²) in [5.41, 5.74) is 1.24. The van der Waals surface area contributed by atoms with Crippen LogP contribution in [0.5, 0.6) is 0 Å². The van der Waals surface area contributed by atoms with Gasteiger partial charge in [-0.05, 0) is 56.4 Å². The van der Waals surface area contributed by atoms with E-state index >= 15 is 0 Å². The molecule has 2 aromatic rings. The molecule has 0 bridgehead atoms. The molecule has 1 atom stereocenters. The minimum atomic E-state index is -0.790. The molecule has 2 heterocycles. The molecule has 2 aliphatic heterocycles. The van der Waals surface area contributed by atoms with Gasteiger partial charge in [-0.15, -0.1) is 0 Å². The third-order valence-corrected chi connectivity index (χ3v) is 8.30. The van der Waals surface area contributed by atoms with Crippen molar-refractivity contribution in [3.63, 3.8) is 0 Å². The number of benzene rings is 2. The summed E-state index contributed by atoms with van der Waals surface area (Å²) in [6, 6.07) is 17.5. The number of amides is 4. The first kappa shape index (κ1) is 28.3. The van der Waals surface area contributed by atoms with Gasteiger partial charge >= 0.3 is 6.03 Å². The fourth-order valence-electron chi connectivity index (χ4n) is 5.64. The Morgan fingerprint density at radius 1 is 0.974 bits per heavy atom. The Kier molecular flexibility index (Phi) is 8.93. The Morgan fingerprint density at radius 2 is 1.61 bits per heavy atom. The quantitative estimate of drug-likeness (QED) is 0.404. The number of carbonyl (C=O) groups excluding carboxylic acids is 3. The summed E-state index contributed by atoms with van der Waals surface area (Å²) in [4.78, 5) is 45.4. The van der Waals surface area contributed by atoms with Crippen molar-refractivity contribution in [1.29, 1.82) is 0 Å². The highest BCUT2D eigenvalue weighted by Gasteiger charge is 2.58. The van der Waals surface area contributed by atoms with E-state index in [1.807, 2.05) is 75.1 Å². The maximum absolute atomic E-state index is 13.8. The minimum absolute atomic E-state index is 0.0463. The molecule has 4 amide bonds. The van der Waals surface area contributed by atoms with Gasteiger partial charge in [0.05, 0.1) is 12.6 Å². The Hall–Kier alpha value is -2.71. The highest BCUT2D eigenvalue weighted by molar-refractivity contribution is 9.10. The molecule has 0 unspecified atom stereocenters. The van der Waals surface area contributed by atoms with Gasteiger partial charge in [0.25, 0.3) is 5.91 Å². The van der Waals surface area contributed by atoms with Gasteiger partial charge < -0.3 is 15.1 Å². The van der Waals surface area contributed by atoms with Crippen LogP contribution in [-0.2, 0) is 16.1 Å². The molecule has 0 saturated carbocycles. The lowest BCUT2D eigenvalue weighted by atomic mass is 9.84. The van der Waals surface area contributed by atoms with Crippen molar-refractivity contribution >= 4 is 33.8 Å². The summed E-state index contributed by atoms with van der Waals surface area (Å²) < 4.78 is 0.964. The zero-order valence-corrected chi connectivity index (χ0v) is 24.4. The summed E-state index contributed by atoms with van der Waals surface area (Å²) in [5, 5.41) is 3.21.